The van der Waals surface area contributed by atoms with Crippen molar-refractivity contribution in [3.8, 4) is 0 Å². The molecule has 0 aromatic rings. The Kier molecular flexibility index (Phi) is 5.17. The quantitative estimate of drug-likeness (QED) is 0.420. The highest BCUT2D eigenvalue weighted by atomic mass is 16.7. The summed E-state index contributed by atoms with van der Waals surface area (Å²) in [4.78, 5) is 23.0. The van der Waals surface area contributed by atoms with Crippen molar-refractivity contribution in [1.29, 1.82) is 0 Å². The number of allylic oxidation sites excluding steroid dienone is 1. The van der Waals surface area contributed by atoms with Gasteiger partial charge in [0.25, 0.3) is 0 Å². The second kappa shape index (κ2) is 6.95. The molecule has 26 heavy (non-hydrogen) atoms. The number of aldehydes is 1. The molecular weight excluding hydrogens is 328 g/mol. The second-order valence-electron chi connectivity index (χ2n) is 8.93. The zero-order valence-corrected chi connectivity index (χ0v) is 16.5. The Morgan fingerprint density at radius 2 is 2.12 bits per heavy atom. The minimum Gasteiger partial charge on any atom is -0.436 e. The molecule has 0 N–H and O–H groups in total. The van der Waals surface area contributed by atoms with Gasteiger partial charge < -0.3 is 9.47 Å². The first-order chi connectivity index (χ1) is 12.2. The van der Waals surface area contributed by atoms with Gasteiger partial charge in [0, 0.05) is 18.8 Å². The Bertz CT molecular complexity index is 636. The van der Waals surface area contributed by atoms with E-state index >= 15 is 0 Å². The fraction of sp³-hybridized carbons (Fsp3) is 0.727. The second-order valence-corrected chi connectivity index (χ2v) is 8.93. The van der Waals surface area contributed by atoms with Crippen LogP contribution >= 0.6 is 0 Å². The maximum Gasteiger partial charge on any atom is 0.304 e. The van der Waals surface area contributed by atoms with Gasteiger partial charge in [0.05, 0.1) is 6.10 Å². The van der Waals surface area contributed by atoms with E-state index in [4.69, 9.17) is 9.47 Å². The molecule has 3 rings (SSSR count). The van der Waals surface area contributed by atoms with Gasteiger partial charge in [-0.05, 0) is 61.0 Å². The van der Waals surface area contributed by atoms with Gasteiger partial charge in [-0.1, -0.05) is 32.9 Å². The minimum absolute atomic E-state index is 0.117. The molecule has 3 aliphatic rings. The summed E-state index contributed by atoms with van der Waals surface area (Å²) in [7, 11) is 0. The van der Waals surface area contributed by atoms with Crippen LogP contribution in [0.25, 0.3) is 0 Å². The maximum absolute atomic E-state index is 11.5. The highest BCUT2D eigenvalue weighted by Crippen LogP contribution is 2.63. The van der Waals surface area contributed by atoms with Crippen LogP contribution in [0, 0.1) is 22.7 Å². The number of esters is 1. The fourth-order valence-corrected chi connectivity index (χ4v) is 5.74. The molecule has 0 bridgehead atoms. The van der Waals surface area contributed by atoms with Gasteiger partial charge in [0.1, 0.15) is 6.29 Å². The average molecular weight is 360 g/mol. The number of ether oxygens (including phenoxy) is 2. The Morgan fingerprint density at radius 3 is 2.77 bits per heavy atom. The van der Waals surface area contributed by atoms with Crippen LogP contribution in [0.5, 0.6) is 0 Å². The molecule has 4 nitrogen and oxygen atoms in total. The molecular formula is C22H32O4. The molecule has 6 atom stereocenters. The molecule has 0 saturated heterocycles. The highest BCUT2D eigenvalue weighted by molar-refractivity contribution is 5.74. The van der Waals surface area contributed by atoms with E-state index in [0.29, 0.717) is 23.8 Å². The summed E-state index contributed by atoms with van der Waals surface area (Å²) in [5.74, 6) is 0.528. The van der Waals surface area contributed by atoms with E-state index in [-0.39, 0.29) is 22.9 Å². The molecule has 0 aromatic carbocycles. The Labute approximate surface area is 157 Å². The summed E-state index contributed by atoms with van der Waals surface area (Å²) in [6.45, 7) is 12.7. The third kappa shape index (κ3) is 3.06. The zero-order valence-electron chi connectivity index (χ0n) is 16.5. The lowest BCUT2D eigenvalue weighted by atomic mass is 9.45. The van der Waals surface area contributed by atoms with E-state index in [1.165, 1.54) is 12.5 Å². The van der Waals surface area contributed by atoms with E-state index in [1.807, 2.05) is 6.08 Å². The summed E-state index contributed by atoms with van der Waals surface area (Å²) in [6.07, 6.45) is 7.98. The third-order valence-electron chi connectivity index (χ3n) is 7.59. The molecule has 0 spiro atoms. The molecule has 2 fully saturated rings. The minimum atomic E-state index is -0.674. The number of hydrogen-bond acceptors (Lipinski definition) is 4. The fourth-order valence-electron chi connectivity index (χ4n) is 5.74. The molecule has 0 radical (unpaired) electrons. The van der Waals surface area contributed by atoms with E-state index in [0.717, 1.165) is 38.4 Å². The number of fused-ring (bicyclic) bond motifs is 1. The first-order valence-corrected chi connectivity index (χ1v) is 9.88. The molecule has 2 aliphatic carbocycles. The van der Waals surface area contributed by atoms with E-state index in [1.54, 1.807) is 0 Å². The van der Waals surface area contributed by atoms with Gasteiger partial charge in [-0.25, -0.2) is 0 Å². The Balaban J connectivity index is 1.99. The number of rotatable bonds is 3. The summed E-state index contributed by atoms with van der Waals surface area (Å²) < 4.78 is 11.6. The van der Waals surface area contributed by atoms with Crippen molar-refractivity contribution >= 4 is 12.3 Å². The van der Waals surface area contributed by atoms with Crippen LogP contribution in [0.2, 0.25) is 0 Å². The average Bonchev–Trinajstić information content (AvgIpc) is 2.59. The van der Waals surface area contributed by atoms with Crippen LogP contribution in [0.4, 0.5) is 0 Å². The van der Waals surface area contributed by atoms with E-state index in [2.05, 4.69) is 27.4 Å². The molecule has 2 saturated carbocycles. The van der Waals surface area contributed by atoms with Crippen LogP contribution in [0.15, 0.2) is 23.8 Å². The standard InChI is InChI=1S/C22H32O4/c1-14-7-6-8-18-21(14,4)10-9-15(2)22(18,5)19-11-17(13-23)12-20(26-19)25-16(3)24/h11,13,15,18-20H,1,6-10,12H2,2-5H3/t15-,18+,19?,20?,21+,22+/m1/s1. The predicted molar refractivity (Wildman–Crippen MR) is 100 cm³/mol. The highest BCUT2D eigenvalue weighted by Gasteiger charge is 2.57. The smallest absolute Gasteiger partial charge is 0.304 e. The molecule has 2 unspecified atom stereocenters. The van der Waals surface area contributed by atoms with Gasteiger partial charge in [-0.3, -0.25) is 9.59 Å². The number of hydrogen-bond donors (Lipinski definition) is 0. The van der Waals surface area contributed by atoms with Crippen molar-refractivity contribution < 1.29 is 19.1 Å². The lowest BCUT2D eigenvalue weighted by molar-refractivity contribution is -0.218. The van der Waals surface area contributed by atoms with Crippen molar-refractivity contribution in [2.75, 3.05) is 0 Å². The van der Waals surface area contributed by atoms with Crippen LogP contribution in [0.1, 0.15) is 66.2 Å². The van der Waals surface area contributed by atoms with Gasteiger partial charge in [0.15, 0.2) is 0 Å². The normalized spacial score (nSPS) is 43.2. The summed E-state index contributed by atoms with van der Waals surface area (Å²) in [6, 6.07) is 0. The topological polar surface area (TPSA) is 52.6 Å². The molecule has 144 valence electrons. The molecule has 1 heterocycles. The molecule has 1 aliphatic heterocycles. The monoisotopic (exact) mass is 360 g/mol. The summed E-state index contributed by atoms with van der Waals surface area (Å²) >= 11 is 0. The zero-order chi connectivity index (χ0) is 19.1. The molecule has 4 heteroatoms. The van der Waals surface area contributed by atoms with Gasteiger partial charge in [-0.15, -0.1) is 0 Å². The van der Waals surface area contributed by atoms with Crippen molar-refractivity contribution in [3.63, 3.8) is 0 Å². The first kappa shape index (κ1) is 19.3. The van der Waals surface area contributed by atoms with Gasteiger partial charge in [0.2, 0.25) is 6.29 Å². The van der Waals surface area contributed by atoms with Gasteiger partial charge in [-0.2, -0.15) is 0 Å². The van der Waals surface area contributed by atoms with Crippen molar-refractivity contribution in [1.82, 2.24) is 0 Å². The lowest BCUT2D eigenvalue weighted by Crippen LogP contribution is -2.57. The third-order valence-corrected chi connectivity index (χ3v) is 7.59. The Hall–Kier alpha value is -1.42. The van der Waals surface area contributed by atoms with Crippen LogP contribution < -0.4 is 0 Å². The maximum atomic E-state index is 11.5. The van der Waals surface area contributed by atoms with Gasteiger partial charge >= 0.3 is 5.97 Å². The van der Waals surface area contributed by atoms with E-state index < -0.39 is 6.29 Å². The van der Waals surface area contributed by atoms with E-state index in [9.17, 15) is 9.59 Å². The van der Waals surface area contributed by atoms with Crippen molar-refractivity contribution in [2.45, 2.75) is 78.6 Å². The predicted octanol–water partition coefficient (Wildman–Crippen LogP) is 4.59. The number of carbonyl (C=O) groups excluding carboxylic acids is 2. The van der Waals surface area contributed by atoms with Crippen molar-refractivity contribution in [2.24, 2.45) is 22.7 Å². The lowest BCUT2D eigenvalue weighted by Gasteiger charge is -2.60. The molecule has 0 aromatic heterocycles. The number of carbonyl (C=O) groups is 2. The summed E-state index contributed by atoms with van der Waals surface area (Å²) in [5, 5.41) is 0. The van der Waals surface area contributed by atoms with Crippen LogP contribution in [-0.2, 0) is 19.1 Å². The summed E-state index contributed by atoms with van der Waals surface area (Å²) in [5.41, 5.74) is 2.03. The SMILES string of the molecule is C=C1CCC[C@@H]2[C@@](C)(C3C=C(C=O)CC(OC(C)=O)O3)[C@H](C)CC[C@@]12C. The van der Waals surface area contributed by atoms with Crippen molar-refractivity contribution in [3.05, 3.63) is 23.8 Å². The Morgan fingerprint density at radius 1 is 1.38 bits per heavy atom. The van der Waals surface area contributed by atoms with Crippen LogP contribution in [0.3, 0.4) is 0 Å². The molecule has 0 amide bonds. The largest absolute Gasteiger partial charge is 0.436 e. The van der Waals surface area contributed by atoms with Crippen LogP contribution in [-0.4, -0.2) is 24.6 Å². The first-order valence-electron chi connectivity index (χ1n) is 9.88.